The number of rotatable bonds is 0. The van der Waals surface area contributed by atoms with Gasteiger partial charge in [-0.25, -0.2) is 0 Å². The normalized spacial score (nSPS) is 12.4. The number of hydrogen-bond acceptors (Lipinski definition) is 2. The van der Waals surface area contributed by atoms with Crippen LogP contribution in [-0.2, 0) is 0 Å². The molecule has 0 aromatic rings. The van der Waals surface area contributed by atoms with Gasteiger partial charge in [0.1, 0.15) is 0 Å². The van der Waals surface area contributed by atoms with Gasteiger partial charge in [0.05, 0.1) is 5.85 Å². The van der Waals surface area contributed by atoms with Crippen LogP contribution in [0.2, 0.25) is 0 Å². The summed E-state index contributed by atoms with van der Waals surface area (Å²) in [5.74, 6) is -0.250. The zero-order valence-electron chi connectivity index (χ0n) is 6.05. The van der Waals surface area contributed by atoms with E-state index in [0.717, 1.165) is 0 Å². The SMILES string of the molecule is CC(O)P.CN(C)C. The molecule has 2 nitrogen and oxygen atoms in total. The van der Waals surface area contributed by atoms with Gasteiger partial charge in [-0.15, -0.1) is 9.24 Å². The molecule has 0 rings (SSSR count). The molecule has 0 radical (unpaired) electrons. The molecule has 0 aliphatic heterocycles. The molecule has 0 saturated carbocycles. The summed E-state index contributed by atoms with van der Waals surface area (Å²) in [5.41, 5.74) is 0. The molecule has 0 amide bonds. The van der Waals surface area contributed by atoms with Gasteiger partial charge < -0.3 is 10.0 Å². The first-order valence-corrected chi connectivity index (χ1v) is 3.18. The zero-order valence-corrected chi connectivity index (χ0v) is 7.20. The second-order valence-electron chi connectivity index (χ2n) is 2.08. The fraction of sp³-hybridized carbons (Fsp3) is 1.00. The Morgan fingerprint density at radius 3 is 1.38 bits per heavy atom. The van der Waals surface area contributed by atoms with Gasteiger partial charge in [0.25, 0.3) is 0 Å². The van der Waals surface area contributed by atoms with Crippen LogP contribution in [-0.4, -0.2) is 37.0 Å². The summed E-state index contributed by atoms with van der Waals surface area (Å²) in [6, 6.07) is 0. The van der Waals surface area contributed by atoms with Gasteiger partial charge in [0.2, 0.25) is 0 Å². The maximum atomic E-state index is 8.02. The van der Waals surface area contributed by atoms with E-state index >= 15 is 0 Å². The molecule has 0 spiro atoms. The molecule has 2 atom stereocenters. The maximum absolute atomic E-state index is 8.02. The molecule has 0 heterocycles. The molecule has 0 aromatic heterocycles. The molecular formula is C5H16NOP. The quantitative estimate of drug-likeness (QED) is 0.488. The first kappa shape index (κ1) is 11.2. The summed E-state index contributed by atoms with van der Waals surface area (Å²) >= 11 is 0. The van der Waals surface area contributed by atoms with Crippen LogP contribution >= 0.6 is 9.24 Å². The van der Waals surface area contributed by atoms with Gasteiger partial charge in [0.15, 0.2) is 0 Å². The minimum atomic E-state index is -0.250. The lowest BCUT2D eigenvalue weighted by molar-refractivity contribution is 0.283. The largest absolute Gasteiger partial charge is 0.389 e. The lowest BCUT2D eigenvalue weighted by atomic mass is 10.9. The summed E-state index contributed by atoms with van der Waals surface area (Å²) in [7, 11) is 8.21. The van der Waals surface area contributed by atoms with Crippen molar-refractivity contribution >= 4 is 9.24 Å². The van der Waals surface area contributed by atoms with Crippen molar-refractivity contribution in [3.05, 3.63) is 0 Å². The van der Waals surface area contributed by atoms with Crippen molar-refractivity contribution in [3.8, 4) is 0 Å². The molecule has 1 N–H and O–H groups in total. The lowest BCUT2D eigenvalue weighted by Gasteiger charge is -1.90. The molecule has 8 heavy (non-hydrogen) atoms. The van der Waals surface area contributed by atoms with E-state index in [1.807, 2.05) is 26.0 Å². The molecule has 52 valence electrons. The van der Waals surface area contributed by atoms with Crippen molar-refractivity contribution < 1.29 is 5.11 Å². The second kappa shape index (κ2) is 7.35. The lowest BCUT2D eigenvalue weighted by Crippen LogP contribution is -1.99. The van der Waals surface area contributed by atoms with E-state index in [4.69, 9.17) is 5.11 Å². The molecule has 0 aliphatic carbocycles. The van der Waals surface area contributed by atoms with Crippen LogP contribution in [0.15, 0.2) is 0 Å². The molecule has 0 aromatic carbocycles. The predicted octanol–water partition coefficient (Wildman–Crippen LogP) is 0.378. The Morgan fingerprint density at radius 2 is 1.38 bits per heavy atom. The summed E-state index contributed by atoms with van der Waals surface area (Å²) < 4.78 is 0. The molecule has 0 saturated heterocycles. The Hall–Kier alpha value is 0.350. The standard InChI is InChI=1S/C3H9N.C2H7OP/c1-4(2)3;1-2(3)4/h1-3H3;2-3H,4H2,1H3. The van der Waals surface area contributed by atoms with Crippen LogP contribution in [0.1, 0.15) is 6.92 Å². The van der Waals surface area contributed by atoms with Gasteiger partial charge in [-0.3, -0.25) is 0 Å². The Labute approximate surface area is 54.1 Å². The summed E-state index contributed by atoms with van der Waals surface area (Å²) in [6.45, 7) is 1.69. The average molecular weight is 137 g/mol. The second-order valence-corrected chi connectivity index (χ2v) is 3.05. The highest BCUT2D eigenvalue weighted by molar-refractivity contribution is 7.17. The molecule has 0 fully saturated rings. The van der Waals surface area contributed by atoms with Crippen molar-refractivity contribution in [1.82, 2.24) is 4.90 Å². The van der Waals surface area contributed by atoms with Crippen molar-refractivity contribution in [3.63, 3.8) is 0 Å². The molecule has 2 unspecified atom stereocenters. The van der Waals surface area contributed by atoms with Gasteiger partial charge in [-0.2, -0.15) is 0 Å². The highest BCUT2D eigenvalue weighted by atomic mass is 31.0. The summed E-state index contributed by atoms with van der Waals surface area (Å²) in [6.07, 6.45) is 0. The van der Waals surface area contributed by atoms with Gasteiger partial charge in [-0.05, 0) is 28.1 Å². The topological polar surface area (TPSA) is 23.5 Å². The van der Waals surface area contributed by atoms with Gasteiger partial charge in [-0.1, -0.05) is 0 Å². The minimum Gasteiger partial charge on any atom is -0.389 e. The van der Waals surface area contributed by atoms with Gasteiger partial charge in [0, 0.05) is 0 Å². The fourth-order valence-electron chi connectivity index (χ4n) is 0. The number of aliphatic hydroxyl groups excluding tert-OH is 1. The first-order valence-electron chi connectivity index (χ1n) is 2.51. The third kappa shape index (κ3) is 1480. The van der Waals surface area contributed by atoms with E-state index in [-0.39, 0.29) is 5.85 Å². The van der Waals surface area contributed by atoms with E-state index in [9.17, 15) is 0 Å². The van der Waals surface area contributed by atoms with Crippen LogP contribution in [0.3, 0.4) is 0 Å². The number of nitrogens with zero attached hydrogens (tertiary/aromatic N) is 1. The maximum Gasteiger partial charge on any atom is 0.0645 e. The summed E-state index contributed by atoms with van der Waals surface area (Å²) in [5, 5.41) is 8.02. The van der Waals surface area contributed by atoms with Gasteiger partial charge >= 0.3 is 0 Å². The average Bonchev–Trinajstić information content (AvgIpc) is 1.25. The highest BCUT2D eigenvalue weighted by Gasteiger charge is 1.69. The minimum absolute atomic E-state index is 0.250. The number of aliphatic hydroxyl groups is 1. The summed E-state index contributed by atoms with van der Waals surface area (Å²) in [4.78, 5) is 2.00. The molecule has 0 aliphatic rings. The van der Waals surface area contributed by atoms with E-state index in [0.29, 0.717) is 0 Å². The highest BCUT2D eigenvalue weighted by Crippen LogP contribution is 1.85. The molecule has 3 heteroatoms. The zero-order chi connectivity index (χ0) is 7.15. The first-order chi connectivity index (χ1) is 3.46. The predicted molar refractivity (Wildman–Crippen MR) is 41.0 cm³/mol. The Balaban J connectivity index is 0. The fourth-order valence-corrected chi connectivity index (χ4v) is 0. The van der Waals surface area contributed by atoms with Crippen LogP contribution in [0.4, 0.5) is 0 Å². The Morgan fingerprint density at radius 1 is 1.38 bits per heavy atom. The van der Waals surface area contributed by atoms with Crippen LogP contribution < -0.4 is 0 Å². The van der Waals surface area contributed by atoms with Crippen molar-refractivity contribution in [2.24, 2.45) is 0 Å². The Bertz CT molecular complexity index is 27.9. The Kier molecular flexibility index (Phi) is 10.3. The van der Waals surface area contributed by atoms with E-state index in [1.165, 1.54) is 0 Å². The molecule has 0 bridgehead atoms. The smallest absolute Gasteiger partial charge is 0.0645 e. The van der Waals surface area contributed by atoms with Crippen molar-refractivity contribution in [2.45, 2.75) is 12.8 Å². The monoisotopic (exact) mass is 137 g/mol. The van der Waals surface area contributed by atoms with E-state index in [1.54, 1.807) is 6.92 Å². The van der Waals surface area contributed by atoms with E-state index in [2.05, 4.69) is 9.24 Å². The third-order valence-electron chi connectivity index (χ3n) is 0. The third-order valence-corrected chi connectivity index (χ3v) is 0. The van der Waals surface area contributed by atoms with Crippen LogP contribution in [0.25, 0.3) is 0 Å². The molecular weight excluding hydrogens is 121 g/mol. The number of hydrogen-bond donors (Lipinski definition) is 1. The van der Waals surface area contributed by atoms with Crippen LogP contribution in [0, 0.1) is 0 Å². The van der Waals surface area contributed by atoms with Crippen LogP contribution in [0.5, 0.6) is 0 Å². The van der Waals surface area contributed by atoms with E-state index < -0.39 is 0 Å². The van der Waals surface area contributed by atoms with Crippen molar-refractivity contribution in [1.29, 1.82) is 0 Å². The van der Waals surface area contributed by atoms with Crippen molar-refractivity contribution in [2.75, 3.05) is 21.1 Å².